The summed E-state index contributed by atoms with van der Waals surface area (Å²) in [6, 6.07) is 7.77. The average molecular weight is 808 g/mol. The molecule has 316 valence electrons. The van der Waals surface area contributed by atoms with Crippen LogP contribution in [0.4, 0.5) is 0 Å². The summed E-state index contributed by atoms with van der Waals surface area (Å²) in [4.78, 5) is 56.9. The first-order valence-corrected chi connectivity index (χ1v) is 22.2. The van der Waals surface area contributed by atoms with Crippen molar-refractivity contribution in [3.8, 4) is 0 Å². The number of ether oxygens (including phenoxy) is 1. The quantitative estimate of drug-likeness (QED) is 0.210. The molecule has 6 rings (SSSR count). The monoisotopic (exact) mass is 807 g/mol. The first-order valence-electron chi connectivity index (χ1n) is 21.8. The maximum Gasteiger partial charge on any atom is 0.309 e. The maximum absolute atomic E-state index is 14.3. The van der Waals surface area contributed by atoms with E-state index in [4.69, 9.17) is 16.3 Å². The highest BCUT2D eigenvalue weighted by molar-refractivity contribution is 6.30. The van der Waals surface area contributed by atoms with Crippen LogP contribution in [-0.2, 0) is 30.5 Å². The van der Waals surface area contributed by atoms with Gasteiger partial charge in [0, 0.05) is 35.4 Å². The highest BCUT2D eigenvalue weighted by Gasteiger charge is 2.70. The van der Waals surface area contributed by atoms with Gasteiger partial charge in [0.2, 0.25) is 5.91 Å². The lowest BCUT2D eigenvalue weighted by Crippen LogP contribution is -2.65. The molecule has 1 aromatic rings. The minimum atomic E-state index is -1.17. The molecule has 5 aliphatic rings. The molecule has 8 nitrogen and oxygen atoms in total. The van der Waals surface area contributed by atoms with Crippen LogP contribution in [-0.4, -0.2) is 71.8 Å². The molecule has 4 saturated carbocycles. The predicted octanol–water partition coefficient (Wildman–Crippen LogP) is 10.0. The fourth-order valence-electron chi connectivity index (χ4n) is 13.7. The zero-order valence-corrected chi connectivity index (χ0v) is 37.6. The molecule has 57 heavy (non-hydrogen) atoms. The van der Waals surface area contributed by atoms with Crippen molar-refractivity contribution in [3.63, 3.8) is 0 Å². The molecule has 3 unspecified atom stereocenters. The van der Waals surface area contributed by atoms with Crippen LogP contribution in [0.2, 0.25) is 5.02 Å². The summed E-state index contributed by atoms with van der Waals surface area (Å²) in [5.74, 6) is 0.345. The van der Waals surface area contributed by atoms with Crippen molar-refractivity contribution in [1.82, 2.24) is 9.80 Å². The Morgan fingerprint density at radius 3 is 2.19 bits per heavy atom. The Labute approximate surface area is 347 Å². The van der Waals surface area contributed by atoms with E-state index in [1.165, 1.54) is 5.57 Å². The van der Waals surface area contributed by atoms with Gasteiger partial charge >= 0.3 is 11.9 Å². The Morgan fingerprint density at radius 1 is 0.912 bits per heavy atom. The van der Waals surface area contributed by atoms with Crippen LogP contribution >= 0.6 is 11.6 Å². The van der Waals surface area contributed by atoms with Crippen LogP contribution in [0.5, 0.6) is 0 Å². The number of aliphatic carboxylic acids is 1. The molecule has 1 aromatic carbocycles. The molecule has 0 saturated heterocycles. The van der Waals surface area contributed by atoms with E-state index in [9.17, 15) is 24.3 Å². The van der Waals surface area contributed by atoms with Gasteiger partial charge in [0.25, 0.3) is 0 Å². The molecule has 8 atom stereocenters. The Hall–Kier alpha value is -2.71. The number of Topliss-reactive ketones (excluding diaryl/α,β-unsaturated/α-hetero) is 1. The Bertz CT molecular complexity index is 1780. The number of hydrogen-bond donors (Lipinski definition) is 1. The minimum absolute atomic E-state index is 0.0209. The summed E-state index contributed by atoms with van der Waals surface area (Å²) < 4.78 is 6.19. The summed E-state index contributed by atoms with van der Waals surface area (Å²) in [6.45, 7) is 21.3. The van der Waals surface area contributed by atoms with Crippen LogP contribution in [0.15, 0.2) is 35.4 Å². The largest absolute Gasteiger partial charge is 0.481 e. The Kier molecular flexibility index (Phi) is 11.8. The van der Waals surface area contributed by atoms with Gasteiger partial charge in [0.1, 0.15) is 6.10 Å². The third kappa shape index (κ3) is 7.55. The molecule has 5 aliphatic carbocycles. The molecule has 0 bridgehead atoms. The van der Waals surface area contributed by atoms with Crippen LogP contribution in [0, 0.1) is 56.2 Å². The summed E-state index contributed by atoms with van der Waals surface area (Å²) in [7, 11) is 3.87. The third-order valence-corrected chi connectivity index (χ3v) is 17.2. The van der Waals surface area contributed by atoms with E-state index in [0.29, 0.717) is 54.6 Å². The second-order valence-electron chi connectivity index (χ2n) is 21.6. The Morgan fingerprint density at radius 2 is 1.58 bits per heavy atom. The molecule has 0 aromatic heterocycles. The zero-order valence-electron chi connectivity index (χ0n) is 36.9. The number of halogens is 1. The predicted molar refractivity (Wildman–Crippen MR) is 225 cm³/mol. The maximum atomic E-state index is 14.3. The minimum Gasteiger partial charge on any atom is -0.481 e. The molecular weight excluding hydrogens is 736 g/mol. The number of nitrogens with zero attached hydrogens (tertiary/aromatic N) is 2. The molecule has 0 aliphatic heterocycles. The second kappa shape index (κ2) is 15.4. The van der Waals surface area contributed by atoms with E-state index in [-0.39, 0.29) is 51.4 Å². The SMILES string of the molecule is CC(C)C1=C2[C@H]3CC[C@H]4C(C)(CC[C@H]5C(C)(C)C(OC(=O)CC(C)(C)C(=O)O)CC[C@@]54C)[C@]3(C)CCC2(CCN(Cc2ccc(Cl)cc2)C(=O)CN(C)C)CC1=O. The van der Waals surface area contributed by atoms with E-state index in [2.05, 4.69) is 48.5 Å². The number of ketones is 1. The topological polar surface area (TPSA) is 104 Å². The lowest BCUT2D eigenvalue weighted by molar-refractivity contribution is -0.233. The lowest BCUT2D eigenvalue weighted by Gasteiger charge is -2.72. The number of carbonyl (C=O) groups is 4. The number of carboxylic acids is 1. The normalized spacial score (nSPS) is 34.7. The van der Waals surface area contributed by atoms with Gasteiger partial charge in [-0.2, -0.15) is 0 Å². The smallest absolute Gasteiger partial charge is 0.309 e. The van der Waals surface area contributed by atoms with Crippen LogP contribution in [0.3, 0.4) is 0 Å². The van der Waals surface area contributed by atoms with E-state index >= 15 is 0 Å². The van der Waals surface area contributed by atoms with Crippen molar-refractivity contribution in [3.05, 3.63) is 46.0 Å². The Balaban J connectivity index is 1.28. The van der Waals surface area contributed by atoms with Crippen LogP contribution in [0.1, 0.15) is 139 Å². The van der Waals surface area contributed by atoms with E-state index in [1.807, 2.05) is 48.2 Å². The summed E-state index contributed by atoms with van der Waals surface area (Å²) >= 11 is 6.22. The number of amides is 1. The van der Waals surface area contributed by atoms with Gasteiger partial charge in [-0.25, -0.2) is 0 Å². The van der Waals surface area contributed by atoms with E-state index < -0.39 is 17.4 Å². The van der Waals surface area contributed by atoms with Crippen LogP contribution < -0.4 is 0 Å². The van der Waals surface area contributed by atoms with Gasteiger partial charge in [-0.1, -0.05) is 77.8 Å². The number of carboxylic acid groups (broad SMARTS) is 1. The van der Waals surface area contributed by atoms with Gasteiger partial charge in [-0.05, 0) is 149 Å². The van der Waals surface area contributed by atoms with Crippen molar-refractivity contribution >= 4 is 35.2 Å². The van der Waals surface area contributed by atoms with Crippen molar-refractivity contribution in [2.45, 2.75) is 146 Å². The molecule has 0 radical (unpaired) electrons. The zero-order chi connectivity index (χ0) is 42.1. The molecule has 0 heterocycles. The first-order chi connectivity index (χ1) is 26.4. The first kappa shape index (κ1) is 43.9. The number of benzene rings is 1. The number of hydrogen-bond acceptors (Lipinski definition) is 6. The van der Waals surface area contributed by atoms with Crippen molar-refractivity contribution in [1.29, 1.82) is 0 Å². The van der Waals surface area contributed by atoms with Crippen LogP contribution in [0.25, 0.3) is 0 Å². The van der Waals surface area contributed by atoms with E-state index in [1.54, 1.807) is 13.8 Å². The standard InChI is InChI=1S/C48H71ClN2O6/c1-30(2)40-34(52)26-48(24-25-51(38(53)29-50(10)11)28-31-12-14-32(49)15-13-31)23-22-46(8)33(41(40)48)16-17-36-45(7)20-19-37(57-39(54)27-43(3,4)42(55)56)44(5,6)35(45)18-21-47(36,46)9/h12-15,30,33,35-37H,16-29H2,1-11H3,(H,55,56)/t33-,35+,36-,37?,45+,46-,47?,48?/m1/s1. The molecule has 4 fully saturated rings. The summed E-state index contributed by atoms with van der Waals surface area (Å²) in [6.07, 6.45) is 9.09. The van der Waals surface area contributed by atoms with Gasteiger partial charge < -0.3 is 19.6 Å². The highest BCUT2D eigenvalue weighted by Crippen LogP contribution is 2.77. The van der Waals surface area contributed by atoms with Crippen molar-refractivity contribution < 1.29 is 29.0 Å². The highest BCUT2D eigenvalue weighted by atomic mass is 35.5. The molecule has 9 heteroatoms. The average Bonchev–Trinajstić information content (AvgIpc) is 3.40. The van der Waals surface area contributed by atoms with Crippen molar-refractivity contribution in [2.75, 3.05) is 27.2 Å². The fourth-order valence-corrected chi connectivity index (χ4v) is 13.8. The molecule has 0 spiro atoms. The number of rotatable bonds is 12. The molecule has 1 N–H and O–H groups in total. The van der Waals surface area contributed by atoms with Gasteiger partial charge in [0.05, 0.1) is 18.4 Å². The van der Waals surface area contributed by atoms with E-state index in [0.717, 1.165) is 68.9 Å². The molecule has 1 amide bonds. The third-order valence-electron chi connectivity index (χ3n) is 16.9. The lowest BCUT2D eigenvalue weighted by atomic mass is 9.33. The number of allylic oxidation sites excluding steroid dienone is 2. The van der Waals surface area contributed by atoms with Gasteiger partial charge in [-0.3, -0.25) is 19.2 Å². The fraction of sp³-hybridized carbons (Fsp3) is 0.750. The number of likely N-dealkylation sites (N-methyl/N-ethyl adjacent to an activating group) is 1. The summed E-state index contributed by atoms with van der Waals surface area (Å²) in [5, 5.41) is 10.3. The number of fused-ring (bicyclic) bond motifs is 7. The summed E-state index contributed by atoms with van der Waals surface area (Å²) in [5.41, 5.74) is 2.07. The van der Waals surface area contributed by atoms with Gasteiger partial charge in [-0.15, -0.1) is 0 Å². The van der Waals surface area contributed by atoms with Gasteiger partial charge in [0.15, 0.2) is 5.78 Å². The molecular formula is C48H71ClN2O6. The number of esters is 1. The second-order valence-corrected chi connectivity index (χ2v) is 22.0. The number of carbonyl (C=O) groups excluding carboxylic acids is 3. The van der Waals surface area contributed by atoms with Crippen molar-refractivity contribution in [2.24, 2.45) is 56.2 Å².